The van der Waals surface area contributed by atoms with Crippen molar-refractivity contribution in [2.75, 3.05) is 0 Å². The van der Waals surface area contributed by atoms with Crippen LogP contribution in [0.25, 0.3) is 0 Å². The van der Waals surface area contributed by atoms with Gasteiger partial charge in [0, 0.05) is 0 Å². The molecule has 10 heteroatoms. The molecule has 0 saturated carbocycles. The zero-order chi connectivity index (χ0) is 17.4. The number of benzene rings is 2. The molecule has 0 N–H and O–H groups in total. The molecule has 0 amide bonds. The van der Waals surface area contributed by atoms with Gasteiger partial charge in [-0.3, -0.25) is 0 Å². The third-order valence-corrected chi connectivity index (χ3v) is 17.1. The predicted molar refractivity (Wildman–Crippen MR) is 100 cm³/mol. The van der Waals surface area contributed by atoms with Gasteiger partial charge in [0.15, 0.2) is 0 Å². The molecule has 0 aliphatic carbocycles. The van der Waals surface area contributed by atoms with Crippen molar-refractivity contribution >= 4 is 57.5 Å². The van der Waals surface area contributed by atoms with E-state index in [9.17, 15) is 20.2 Å². The minimum atomic E-state index is -0.389. The molecule has 0 aliphatic heterocycles. The summed E-state index contributed by atoms with van der Waals surface area (Å²) in [5, 5.41) is 23.0. The number of hydrogen-bond acceptors (Lipinski definition) is 6. The van der Waals surface area contributed by atoms with Crippen molar-refractivity contribution in [3.63, 3.8) is 0 Å². The third-order valence-electron chi connectivity index (χ3n) is 2.87. The molecule has 126 valence electrons. The van der Waals surface area contributed by atoms with Crippen LogP contribution in [0.2, 0.25) is 0 Å². The second-order valence-corrected chi connectivity index (χ2v) is 15.4. The van der Waals surface area contributed by atoms with Crippen LogP contribution in [-0.4, -0.2) is 37.5 Å². The van der Waals surface area contributed by atoms with Gasteiger partial charge in [0.05, 0.1) is 0 Å². The second-order valence-electron chi connectivity index (χ2n) is 4.51. The van der Waals surface area contributed by atoms with Crippen LogP contribution in [0.15, 0.2) is 48.5 Å². The summed E-state index contributed by atoms with van der Waals surface area (Å²) in [4.78, 5) is 20.4. The van der Waals surface area contributed by atoms with Gasteiger partial charge in [-0.2, -0.15) is 0 Å². The predicted octanol–water partition coefficient (Wildman–Crippen LogP) is 3.82. The molecule has 24 heavy (non-hydrogen) atoms. The molecule has 0 bridgehead atoms. The van der Waals surface area contributed by atoms with E-state index >= 15 is 0 Å². The first-order chi connectivity index (χ1) is 11.6. The fourth-order valence-corrected chi connectivity index (χ4v) is 16.2. The molecule has 0 radical (unpaired) electrons. The normalized spacial score (nSPS) is 10.5. The Bertz CT molecular complexity index is 637. The Hall–Kier alpha value is -1.02. The Morgan fingerprint density at radius 1 is 0.708 bits per heavy atom. The first-order valence-corrected chi connectivity index (χ1v) is 15.2. The van der Waals surface area contributed by atoms with Gasteiger partial charge in [0.2, 0.25) is 0 Å². The van der Waals surface area contributed by atoms with E-state index < -0.39 is 0 Å². The van der Waals surface area contributed by atoms with E-state index in [0.29, 0.717) is 27.7 Å². The maximum absolute atomic E-state index is 10.6. The van der Waals surface area contributed by atoms with Crippen molar-refractivity contribution in [2.45, 2.75) is 10.6 Å². The summed E-state index contributed by atoms with van der Waals surface area (Å²) in [5.74, 6) is 0. The number of rotatable bonds is 9. The zero-order valence-corrected chi connectivity index (χ0v) is 17.3. The van der Waals surface area contributed by atoms with Gasteiger partial charge in [-0.15, -0.1) is 0 Å². The van der Waals surface area contributed by atoms with Gasteiger partial charge in [-0.1, -0.05) is 0 Å². The first kappa shape index (κ1) is 19.3. The van der Waals surface area contributed by atoms with Crippen molar-refractivity contribution < 1.29 is 9.85 Å². The van der Waals surface area contributed by atoms with Crippen LogP contribution in [0.4, 0.5) is 11.4 Å². The molecule has 0 aliphatic rings. The number of nitro groups is 2. The van der Waals surface area contributed by atoms with Gasteiger partial charge in [-0.25, -0.2) is 0 Å². The van der Waals surface area contributed by atoms with Crippen LogP contribution in [-0.2, 0) is 10.6 Å². The van der Waals surface area contributed by atoms with Crippen LogP contribution in [0.1, 0.15) is 11.1 Å². The van der Waals surface area contributed by atoms with Crippen LogP contribution >= 0.6 is 18.4 Å². The topological polar surface area (TPSA) is 86.3 Å². The SMILES string of the molecule is O=[N+]([O-])c1ccc(C[Se]SS[Se]Cc2ccc([N+](=O)[O-])cc2)cc1. The quantitative estimate of drug-likeness (QED) is 0.173. The second kappa shape index (κ2) is 10.1. The molecular formula is C14H12N2O4S2Se2. The van der Waals surface area contributed by atoms with Gasteiger partial charge in [0.25, 0.3) is 0 Å². The van der Waals surface area contributed by atoms with Crippen LogP contribution in [0.5, 0.6) is 0 Å². The molecule has 0 unspecified atom stereocenters. The van der Waals surface area contributed by atoms with Crippen molar-refractivity contribution in [1.29, 1.82) is 0 Å². The van der Waals surface area contributed by atoms with E-state index in [1.165, 1.54) is 0 Å². The van der Waals surface area contributed by atoms with Gasteiger partial charge in [-0.05, 0) is 0 Å². The molecule has 0 aromatic heterocycles. The Morgan fingerprint density at radius 3 is 1.33 bits per heavy atom. The molecule has 2 aromatic carbocycles. The molecule has 6 nitrogen and oxygen atoms in total. The molecule has 2 rings (SSSR count). The van der Waals surface area contributed by atoms with Crippen LogP contribution in [0, 0.1) is 20.2 Å². The zero-order valence-electron chi connectivity index (χ0n) is 12.2. The van der Waals surface area contributed by atoms with E-state index in [-0.39, 0.29) is 21.2 Å². The summed E-state index contributed by atoms with van der Waals surface area (Å²) in [6.45, 7) is 0. The molecular weight excluding hydrogens is 482 g/mol. The van der Waals surface area contributed by atoms with Crippen molar-refractivity contribution in [3.8, 4) is 0 Å². The minimum absolute atomic E-state index is 0.125. The summed E-state index contributed by atoms with van der Waals surface area (Å²) in [6.07, 6.45) is 0. The van der Waals surface area contributed by atoms with Gasteiger partial charge >= 0.3 is 158 Å². The molecule has 0 fully saturated rings. The van der Waals surface area contributed by atoms with E-state index in [0.717, 1.165) is 21.8 Å². The molecule has 2 aromatic rings. The van der Waals surface area contributed by atoms with Crippen molar-refractivity contribution in [2.24, 2.45) is 0 Å². The molecule has 0 saturated heterocycles. The fraction of sp³-hybridized carbons (Fsp3) is 0.143. The third kappa shape index (κ3) is 6.47. The number of hydrogen-bond donors (Lipinski definition) is 0. The monoisotopic (exact) mass is 496 g/mol. The molecule has 0 heterocycles. The van der Waals surface area contributed by atoms with Crippen LogP contribution in [0.3, 0.4) is 0 Å². The van der Waals surface area contributed by atoms with E-state index in [2.05, 4.69) is 0 Å². The van der Waals surface area contributed by atoms with E-state index in [1.54, 1.807) is 24.3 Å². The van der Waals surface area contributed by atoms with Crippen molar-refractivity contribution in [3.05, 3.63) is 79.9 Å². The molecule has 0 atom stereocenters. The number of nitro benzene ring substituents is 2. The summed E-state index contributed by atoms with van der Waals surface area (Å²) in [6, 6.07) is 13.4. The van der Waals surface area contributed by atoms with Crippen molar-refractivity contribution in [1.82, 2.24) is 0 Å². The van der Waals surface area contributed by atoms with E-state index in [4.69, 9.17) is 0 Å². The Morgan fingerprint density at radius 2 is 1.04 bits per heavy atom. The Labute approximate surface area is 157 Å². The average Bonchev–Trinajstić information content (AvgIpc) is 2.58. The Balaban J connectivity index is 1.62. The molecule has 0 spiro atoms. The maximum atomic E-state index is 10.6. The fourth-order valence-electron chi connectivity index (χ4n) is 1.65. The van der Waals surface area contributed by atoms with Gasteiger partial charge < -0.3 is 0 Å². The standard InChI is InChI=1S/C14H12N2O4S2Se2/c17-15(18)13-5-1-11(2-6-13)9-23-21-22-24-10-12-3-7-14(8-4-12)16(19)20/h1-8H,9-10H2. The average molecular weight is 494 g/mol. The summed E-state index contributed by atoms with van der Waals surface area (Å²) in [7, 11) is 3.70. The number of non-ortho nitro benzene ring substituents is 2. The Kier molecular flexibility index (Phi) is 8.11. The van der Waals surface area contributed by atoms with E-state index in [1.807, 2.05) is 42.7 Å². The first-order valence-electron chi connectivity index (χ1n) is 6.60. The number of nitrogens with zero attached hydrogens (tertiary/aromatic N) is 2. The summed E-state index contributed by atoms with van der Waals surface area (Å²) in [5.41, 5.74) is 2.49. The summed E-state index contributed by atoms with van der Waals surface area (Å²) < 4.78 is 0. The summed E-state index contributed by atoms with van der Waals surface area (Å²) >= 11 is 0.774. The van der Waals surface area contributed by atoms with Gasteiger partial charge in [0.1, 0.15) is 0 Å². The van der Waals surface area contributed by atoms with Crippen LogP contribution < -0.4 is 0 Å².